The number of fused-ring (bicyclic) bond motifs is 2. The molecule has 42 heavy (non-hydrogen) atoms. The fourth-order valence-electron chi connectivity index (χ4n) is 6.26. The Morgan fingerprint density at radius 3 is 1.36 bits per heavy atom. The second-order valence-electron chi connectivity index (χ2n) is 10.9. The normalized spacial score (nSPS) is 11.5. The molecule has 0 bridgehead atoms. The molecule has 0 saturated carbocycles. The van der Waals surface area contributed by atoms with Crippen molar-refractivity contribution in [3.8, 4) is 33.9 Å². The van der Waals surface area contributed by atoms with E-state index in [1.54, 1.807) is 0 Å². The Morgan fingerprint density at radius 1 is 0.524 bits per heavy atom. The van der Waals surface area contributed by atoms with Crippen LogP contribution >= 0.6 is 0 Å². The maximum Gasteiger partial charge on any atom is 0.0723 e. The number of rotatable bonds is 8. The van der Waals surface area contributed by atoms with Gasteiger partial charge < -0.3 is 9.13 Å². The fourth-order valence-corrected chi connectivity index (χ4v) is 6.26. The molecule has 0 aliphatic heterocycles. The van der Waals surface area contributed by atoms with Gasteiger partial charge >= 0.3 is 0 Å². The van der Waals surface area contributed by atoms with E-state index in [1.807, 2.05) is 24.5 Å². The lowest BCUT2D eigenvalue weighted by molar-refractivity contribution is 0.875. The van der Waals surface area contributed by atoms with Crippen molar-refractivity contribution in [3.05, 3.63) is 133 Å². The monoisotopic (exact) mass is 546 g/mol. The van der Waals surface area contributed by atoms with Gasteiger partial charge in [-0.25, -0.2) is 0 Å². The van der Waals surface area contributed by atoms with E-state index in [9.17, 15) is 0 Å². The molecule has 0 atom stereocenters. The molecule has 0 unspecified atom stereocenters. The number of hydrogen-bond donors (Lipinski definition) is 0. The number of para-hydroxylation sites is 2. The zero-order valence-electron chi connectivity index (χ0n) is 24.2. The van der Waals surface area contributed by atoms with E-state index >= 15 is 0 Å². The summed E-state index contributed by atoms with van der Waals surface area (Å²) in [5, 5.41) is 2.44. The summed E-state index contributed by atoms with van der Waals surface area (Å²) >= 11 is 0. The second-order valence-corrected chi connectivity index (χ2v) is 10.9. The van der Waals surface area contributed by atoms with Crippen molar-refractivity contribution < 1.29 is 0 Å². The van der Waals surface area contributed by atoms with Crippen molar-refractivity contribution in [1.29, 1.82) is 0 Å². The first-order chi connectivity index (χ1) is 20.8. The number of pyridine rings is 2. The summed E-state index contributed by atoms with van der Waals surface area (Å²) in [7, 11) is 0. The number of benzene rings is 3. The predicted molar refractivity (Wildman–Crippen MR) is 175 cm³/mol. The number of hydrogen-bond acceptors (Lipinski definition) is 2. The molecule has 0 amide bonds. The summed E-state index contributed by atoms with van der Waals surface area (Å²) in [6.45, 7) is 4.53. The lowest BCUT2D eigenvalue weighted by Gasteiger charge is -2.19. The Bertz CT molecular complexity index is 1850. The molecule has 4 aromatic heterocycles. The van der Waals surface area contributed by atoms with Crippen molar-refractivity contribution in [2.45, 2.75) is 39.5 Å². The Balaban J connectivity index is 1.47. The predicted octanol–water partition coefficient (Wildman–Crippen LogP) is 9.60. The van der Waals surface area contributed by atoms with Crippen molar-refractivity contribution >= 4 is 21.8 Å². The van der Waals surface area contributed by atoms with Crippen LogP contribution in [0.5, 0.6) is 0 Å². The molecule has 4 heteroatoms. The molecule has 0 aliphatic rings. The van der Waals surface area contributed by atoms with E-state index in [4.69, 9.17) is 9.97 Å². The molecule has 4 nitrogen and oxygen atoms in total. The quantitative estimate of drug-likeness (QED) is 0.190. The van der Waals surface area contributed by atoms with Crippen LogP contribution in [0.4, 0.5) is 0 Å². The van der Waals surface area contributed by atoms with Gasteiger partial charge in [0.05, 0.1) is 22.4 Å². The van der Waals surface area contributed by atoms with Gasteiger partial charge in [-0.2, -0.15) is 0 Å². The second kappa shape index (κ2) is 11.1. The molecule has 206 valence electrons. The largest absolute Gasteiger partial charge is 0.316 e. The van der Waals surface area contributed by atoms with Crippen LogP contribution in [-0.2, 0) is 12.8 Å². The first-order valence-electron chi connectivity index (χ1n) is 15.0. The molecule has 0 aliphatic carbocycles. The molecule has 0 N–H and O–H groups in total. The summed E-state index contributed by atoms with van der Waals surface area (Å²) in [5.74, 6) is 0. The minimum Gasteiger partial charge on any atom is -0.316 e. The smallest absolute Gasteiger partial charge is 0.0723 e. The summed E-state index contributed by atoms with van der Waals surface area (Å²) < 4.78 is 4.78. The van der Waals surface area contributed by atoms with Crippen LogP contribution in [0, 0.1) is 0 Å². The van der Waals surface area contributed by atoms with Gasteiger partial charge in [0.2, 0.25) is 0 Å². The minimum atomic E-state index is 0.993. The Labute approximate surface area is 246 Å². The van der Waals surface area contributed by atoms with E-state index in [1.165, 1.54) is 44.3 Å². The maximum absolute atomic E-state index is 4.70. The van der Waals surface area contributed by atoms with Gasteiger partial charge in [0.25, 0.3) is 0 Å². The number of nitrogens with zero attached hydrogens (tertiary/aromatic N) is 4. The van der Waals surface area contributed by atoms with Gasteiger partial charge in [0.1, 0.15) is 0 Å². The van der Waals surface area contributed by atoms with E-state index in [2.05, 4.69) is 120 Å². The molecule has 0 radical (unpaired) electrons. The van der Waals surface area contributed by atoms with Crippen molar-refractivity contribution in [1.82, 2.24) is 19.1 Å². The number of aryl methyl sites for hydroxylation is 2. The van der Waals surface area contributed by atoms with Crippen LogP contribution in [-0.4, -0.2) is 19.1 Å². The molecule has 0 spiro atoms. The standard InChI is InChI=1S/C38H34N4/c1-3-13-27-23-38(42-26-32(34-18-10-12-22-40-34)30-16-6-8-20-36(30)42)28(14-4-2)24-37(27)41-25-31(33-17-9-11-21-39-33)29-15-5-7-19-35(29)41/h5-12,15-26H,3-4,13-14H2,1-2H3. The average Bonchev–Trinajstić information content (AvgIpc) is 3.62. The summed E-state index contributed by atoms with van der Waals surface area (Å²) in [6, 6.07) is 34.5. The molecule has 0 fully saturated rings. The first kappa shape index (κ1) is 26.0. The summed E-state index contributed by atoms with van der Waals surface area (Å²) in [4.78, 5) is 9.40. The first-order valence-corrected chi connectivity index (χ1v) is 15.0. The Kier molecular flexibility index (Phi) is 6.89. The Hall–Kier alpha value is -4.96. The Morgan fingerprint density at radius 2 is 0.952 bits per heavy atom. The zero-order chi connectivity index (χ0) is 28.5. The molecule has 4 heterocycles. The molecule has 7 aromatic rings. The highest BCUT2D eigenvalue weighted by atomic mass is 15.0. The highest BCUT2D eigenvalue weighted by Gasteiger charge is 2.19. The van der Waals surface area contributed by atoms with Crippen LogP contribution < -0.4 is 0 Å². The van der Waals surface area contributed by atoms with Gasteiger partial charge in [-0.05, 0) is 72.5 Å². The third-order valence-corrected chi connectivity index (χ3v) is 8.14. The van der Waals surface area contributed by atoms with Gasteiger partial charge in [-0.15, -0.1) is 0 Å². The van der Waals surface area contributed by atoms with Gasteiger partial charge in [0, 0.05) is 58.1 Å². The molecular weight excluding hydrogens is 512 g/mol. The number of aromatic nitrogens is 4. The minimum absolute atomic E-state index is 0.993. The fraction of sp³-hybridized carbons (Fsp3) is 0.158. The lowest BCUT2D eigenvalue weighted by Crippen LogP contribution is -2.06. The van der Waals surface area contributed by atoms with Crippen molar-refractivity contribution in [2.75, 3.05) is 0 Å². The van der Waals surface area contributed by atoms with Crippen molar-refractivity contribution in [3.63, 3.8) is 0 Å². The molecule has 3 aromatic carbocycles. The van der Waals surface area contributed by atoms with Crippen LogP contribution in [0.2, 0.25) is 0 Å². The van der Waals surface area contributed by atoms with Crippen LogP contribution in [0.25, 0.3) is 55.7 Å². The maximum atomic E-state index is 4.70. The molecule has 7 rings (SSSR count). The van der Waals surface area contributed by atoms with Crippen LogP contribution in [0.3, 0.4) is 0 Å². The topological polar surface area (TPSA) is 35.6 Å². The van der Waals surface area contributed by atoms with Gasteiger partial charge in [0.15, 0.2) is 0 Å². The van der Waals surface area contributed by atoms with E-state index in [0.29, 0.717) is 0 Å². The highest BCUT2D eigenvalue weighted by molar-refractivity contribution is 5.97. The van der Waals surface area contributed by atoms with Gasteiger partial charge in [-0.1, -0.05) is 75.2 Å². The van der Waals surface area contributed by atoms with E-state index in [0.717, 1.165) is 48.2 Å². The summed E-state index contributed by atoms with van der Waals surface area (Å²) in [5.41, 5.74) is 11.9. The summed E-state index contributed by atoms with van der Waals surface area (Å²) in [6.07, 6.45) is 12.4. The molecular formula is C38H34N4. The van der Waals surface area contributed by atoms with Crippen LogP contribution in [0.15, 0.2) is 122 Å². The molecule has 0 saturated heterocycles. The van der Waals surface area contributed by atoms with E-state index in [-0.39, 0.29) is 0 Å². The lowest BCUT2D eigenvalue weighted by atomic mass is 9.99. The van der Waals surface area contributed by atoms with Crippen molar-refractivity contribution in [2.24, 2.45) is 0 Å². The third-order valence-electron chi connectivity index (χ3n) is 8.14. The average molecular weight is 547 g/mol. The van der Waals surface area contributed by atoms with Crippen LogP contribution in [0.1, 0.15) is 37.8 Å². The zero-order valence-corrected chi connectivity index (χ0v) is 24.2. The highest BCUT2D eigenvalue weighted by Crippen LogP contribution is 2.37. The van der Waals surface area contributed by atoms with Gasteiger partial charge in [-0.3, -0.25) is 9.97 Å². The third kappa shape index (κ3) is 4.50. The van der Waals surface area contributed by atoms with E-state index < -0.39 is 0 Å². The SMILES string of the molecule is CCCc1cc(-n2cc(-c3ccccn3)c3ccccc32)c(CCC)cc1-n1cc(-c2ccccn2)c2ccccc21.